The van der Waals surface area contributed by atoms with E-state index in [-0.39, 0.29) is 5.41 Å². The molecule has 1 aromatic rings. The van der Waals surface area contributed by atoms with E-state index in [1.54, 1.807) is 0 Å². The predicted octanol–water partition coefficient (Wildman–Crippen LogP) is 3.10. The van der Waals surface area contributed by atoms with Gasteiger partial charge >= 0.3 is 0 Å². The second kappa shape index (κ2) is 4.21. The molecule has 3 nitrogen and oxygen atoms in total. The predicted molar refractivity (Wildman–Crippen MR) is 64.5 cm³/mol. The highest BCUT2D eigenvalue weighted by Crippen LogP contribution is 2.29. The van der Waals surface area contributed by atoms with E-state index in [1.807, 2.05) is 6.92 Å². The second-order valence-corrected chi connectivity index (χ2v) is 5.71. The number of aromatic nitrogens is 1. The fourth-order valence-electron chi connectivity index (χ4n) is 2.14. The van der Waals surface area contributed by atoms with Crippen LogP contribution in [0.25, 0.3) is 0 Å². The van der Waals surface area contributed by atoms with Gasteiger partial charge in [0.2, 0.25) is 0 Å². The van der Waals surface area contributed by atoms with Crippen LogP contribution in [-0.4, -0.2) is 11.5 Å². The van der Waals surface area contributed by atoms with E-state index < -0.39 is 0 Å². The largest absolute Gasteiger partial charge is 0.445 e. The lowest BCUT2D eigenvalue weighted by molar-refractivity contribution is 0.378. The molecular formula is C13H22N2O. The van der Waals surface area contributed by atoms with Crippen molar-refractivity contribution in [3.05, 3.63) is 17.3 Å². The Bertz CT molecular complexity index is 356. The number of aryl methyl sites for hydroxylation is 1. The summed E-state index contributed by atoms with van der Waals surface area (Å²) in [4.78, 5) is 4.68. The highest BCUT2D eigenvalue weighted by molar-refractivity contribution is 5.16. The molecule has 1 unspecified atom stereocenters. The lowest BCUT2D eigenvalue weighted by atomic mass is 9.97. The minimum Gasteiger partial charge on any atom is -0.445 e. The van der Waals surface area contributed by atoms with Crippen LogP contribution in [0, 0.1) is 6.92 Å². The molecule has 2 rings (SSSR count). The maximum atomic E-state index is 5.78. The first-order valence-electron chi connectivity index (χ1n) is 6.19. The van der Waals surface area contributed by atoms with Crippen molar-refractivity contribution in [1.82, 2.24) is 10.3 Å². The molecular weight excluding hydrogens is 200 g/mol. The molecule has 1 N–H and O–H groups in total. The van der Waals surface area contributed by atoms with Gasteiger partial charge in [-0.3, -0.25) is 0 Å². The standard InChI is InChI=1S/C13H22N2O/c1-9-11(10-7-5-6-8-14-10)15-12(16-9)13(2,3)4/h10,14H,5-8H2,1-4H3. The molecule has 1 saturated heterocycles. The van der Waals surface area contributed by atoms with E-state index >= 15 is 0 Å². The molecule has 0 bridgehead atoms. The summed E-state index contributed by atoms with van der Waals surface area (Å²) in [6, 6.07) is 0.397. The number of oxazole rings is 1. The second-order valence-electron chi connectivity index (χ2n) is 5.71. The normalized spacial score (nSPS) is 22.4. The van der Waals surface area contributed by atoms with Crippen LogP contribution in [0.15, 0.2) is 4.42 Å². The van der Waals surface area contributed by atoms with Gasteiger partial charge in [-0.15, -0.1) is 0 Å². The number of hydrogen-bond donors (Lipinski definition) is 1. The molecule has 1 aromatic heterocycles. The average molecular weight is 222 g/mol. The fourth-order valence-corrected chi connectivity index (χ4v) is 2.14. The molecule has 2 heterocycles. The Morgan fingerprint density at radius 3 is 2.56 bits per heavy atom. The molecule has 0 spiro atoms. The van der Waals surface area contributed by atoms with Gasteiger partial charge in [0.05, 0.1) is 11.7 Å². The third-order valence-electron chi connectivity index (χ3n) is 3.11. The van der Waals surface area contributed by atoms with Crippen molar-refractivity contribution < 1.29 is 4.42 Å². The quantitative estimate of drug-likeness (QED) is 0.793. The summed E-state index contributed by atoms with van der Waals surface area (Å²) in [6.07, 6.45) is 3.74. The Hall–Kier alpha value is -0.830. The molecule has 1 atom stereocenters. The van der Waals surface area contributed by atoms with Gasteiger partial charge in [-0.2, -0.15) is 0 Å². The van der Waals surface area contributed by atoms with E-state index in [1.165, 1.54) is 19.3 Å². The Balaban J connectivity index is 2.24. The lowest BCUT2D eigenvalue weighted by Gasteiger charge is -2.21. The van der Waals surface area contributed by atoms with Crippen LogP contribution in [0.5, 0.6) is 0 Å². The van der Waals surface area contributed by atoms with Crippen molar-refractivity contribution in [1.29, 1.82) is 0 Å². The van der Waals surface area contributed by atoms with Gasteiger partial charge in [0, 0.05) is 5.41 Å². The third kappa shape index (κ3) is 2.29. The summed E-state index contributed by atoms with van der Waals surface area (Å²) in [7, 11) is 0. The van der Waals surface area contributed by atoms with Crippen LogP contribution in [-0.2, 0) is 5.41 Å². The maximum Gasteiger partial charge on any atom is 0.200 e. The SMILES string of the molecule is Cc1oc(C(C)(C)C)nc1C1CCCCN1. The van der Waals surface area contributed by atoms with Crippen LogP contribution in [0.4, 0.5) is 0 Å². The van der Waals surface area contributed by atoms with E-state index in [0.29, 0.717) is 6.04 Å². The Labute approximate surface area is 97.6 Å². The van der Waals surface area contributed by atoms with E-state index in [9.17, 15) is 0 Å². The fraction of sp³-hybridized carbons (Fsp3) is 0.769. The average Bonchev–Trinajstić information content (AvgIpc) is 2.61. The van der Waals surface area contributed by atoms with Crippen molar-refractivity contribution in [3.63, 3.8) is 0 Å². The van der Waals surface area contributed by atoms with Crippen molar-refractivity contribution in [2.45, 2.75) is 58.4 Å². The number of nitrogens with zero attached hydrogens (tertiary/aromatic N) is 1. The summed E-state index contributed by atoms with van der Waals surface area (Å²) in [5, 5.41) is 3.52. The Morgan fingerprint density at radius 1 is 1.31 bits per heavy atom. The first-order valence-corrected chi connectivity index (χ1v) is 6.19. The lowest BCUT2D eigenvalue weighted by Crippen LogP contribution is -2.27. The molecule has 0 aliphatic carbocycles. The zero-order valence-corrected chi connectivity index (χ0v) is 10.8. The van der Waals surface area contributed by atoms with Crippen LogP contribution >= 0.6 is 0 Å². The first kappa shape index (κ1) is 11.6. The molecule has 3 heteroatoms. The summed E-state index contributed by atoms with van der Waals surface area (Å²) in [5.41, 5.74) is 1.11. The van der Waals surface area contributed by atoms with E-state index in [4.69, 9.17) is 4.42 Å². The minimum atomic E-state index is -0.00230. The highest BCUT2D eigenvalue weighted by Gasteiger charge is 2.26. The molecule has 1 aliphatic heterocycles. The summed E-state index contributed by atoms with van der Waals surface area (Å²) < 4.78 is 5.78. The van der Waals surface area contributed by atoms with Crippen molar-refractivity contribution in [3.8, 4) is 0 Å². The number of nitrogens with one attached hydrogen (secondary N) is 1. The smallest absolute Gasteiger partial charge is 0.200 e. The molecule has 1 fully saturated rings. The molecule has 1 aliphatic rings. The number of rotatable bonds is 1. The zero-order chi connectivity index (χ0) is 11.8. The van der Waals surface area contributed by atoms with Gasteiger partial charge in [-0.1, -0.05) is 27.2 Å². The molecule has 16 heavy (non-hydrogen) atoms. The van der Waals surface area contributed by atoms with Crippen molar-refractivity contribution in [2.75, 3.05) is 6.54 Å². The monoisotopic (exact) mass is 222 g/mol. The molecule has 0 amide bonds. The van der Waals surface area contributed by atoms with Crippen LogP contribution in [0.2, 0.25) is 0 Å². The minimum absolute atomic E-state index is 0.00230. The summed E-state index contributed by atoms with van der Waals surface area (Å²) in [6.45, 7) is 9.53. The first-order chi connectivity index (χ1) is 7.48. The van der Waals surface area contributed by atoms with Gasteiger partial charge in [0.15, 0.2) is 5.89 Å². The summed E-state index contributed by atoms with van der Waals surface area (Å²) >= 11 is 0. The zero-order valence-electron chi connectivity index (χ0n) is 10.8. The number of hydrogen-bond acceptors (Lipinski definition) is 3. The maximum absolute atomic E-state index is 5.78. The van der Waals surface area contributed by atoms with Gasteiger partial charge in [0.1, 0.15) is 5.76 Å². The summed E-state index contributed by atoms with van der Waals surface area (Å²) in [5.74, 6) is 1.83. The van der Waals surface area contributed by atoms with E-state index in [0.717, 1.165) is 23.9 Å². The molecule has 0 radical (unpaired) electrons. The Morgan fingerprint density at radius 2 is 2.06 bits per heavy atom. The van der Waals surface area contributed by atoms with Crippen LogP contribution in [0.1, 0.15) is 63.4 Å². The van der Waals surface area contributed by atoms with Gasteiger partial charge in [0.25, 0.3) is 0 Å². The van der Waals surface area contributed by atoms with Gasteiger partial charge in [-0.05, 0) is 26.3 Å². The Kier molecular flexibility index (Phi) is 3.06. The molecule has 90 valence electrons. The number of piperidine rings is 1. The third-order valence-corrected chi connectivity index (χ3v) is 3.11. The van der Waals surface area contributed by atoms with Gasteiger partial charge in [-0.25, -0.2) is 4.98 Å². The van der Waals surface area contributed by atoms with E-state index in [2.05, 4.69) is 31.1 Å². The van der Waals surface area contributed by atoms with Crippen LogP contribution < -0.4 is 5.32 Å². The van der Waals surface area contributed by atoms with Crippen molar-refractivity contribution >= 4 is 0 Å². The topological polar surface area (TPSA) is 38.1 Å². The molecule has 0 saturated carbocycles. The van der Waals surface area contributed by atoms with Crippen LogP contribution in [0.3, 0.4) is 0 Å². The molecule has 0 aromatic carbocycles. The van der Waals surface area contributed by atoms with Gasteiger partial charge < -0.3 is 9.73 Å². The highest BCUT2D eigenvalue weighted by atomic mass is 16.4. The van der Waals surface area contributed by atoms with Crippen molar-refractivity contribution in [2.24, 2.45) is 0 Å².